The summed E-state index contributed by atoms with van der Waals surface area (Å²) in [5.41, 5.74) is 2.31. The first kappa shape index (κ1) is 12.6. The number of fused-ring (bicyclic) bond motifs is 1. The molecule has 0 spiro atoms. The fraction of sp³-hybridized carbons (Fsp3) is 0.333. The summed E-state index contributed by atoms with van der Waals surface area (Å²) in [7, 11) is 0. The normalized spacial score (nSPS) is 15.7. The Morgan fingerprint density at radius 2 is 1.94 bits per heavy atom. The van der Waals surface area contributed by atoms with Crippen LogP contribution in [0.25, 0.3) is 0 Å². The quantitative estimate of drug-likeness (QED) is 0.762. The van der Waals surface area contributed by atoms with Crippen LogP contribution >= 0.6 is 0 Å². The Morgan fingerprint density at radius 1 is 1.22 bits per heavy atom. The highest BCUT2D eigenvalue weighted by Crippen LogP contribution is 2.31. The van der Waals surface area contributed by atoms with Crippen LogP contribution in [-0.2, 0) is 0 Å². The van der Waals surface area contributed by atoms with Crippen LogP contribution in [0.15, 0.2) is 34.0 Å². The van der Waals surface area contributed by atoms with Gasteiger partial charge < -0.3 is 4.42 Å². The minimum absolute atomic E-state index is 0.0775. The average Bonchev–Trinajstić information content (AvgIpc) is 2.73. The van der Waals surface area contributed by atoms with Gasteiger partial charge in [0.2, 0.25) is 5.78 Å². The maximum Gasteiger partial charge on any atom is 0.225 e. The molecule has 3 heteroatoms. The van der Waals surface area contributed by atoms with E-state index in [0.717, 1.165) is 12.0 Å². The SMILES string of the molecule is C/C=C/CCC1=C(C)C(=O)c2c(C)coc2C1=O. The number of hydrogen-bond acceptors (Lipinski definition) is 3. The van der Waals surface area contributed by atoms with Crippen LogP contribution < -0.4 is 0 Å². The number of hydrogen-bond donors (Lipinski definition) is 0. The molecule has 1 heterocycles. The van der Waals surface area contributed by atoms with Crippen molar-refractivity contribution in [3.63, 3.8) is 0 Å². The lowest BCUT2D eigenvalue weighted by atomic mass is 9.86. The van der Waals surface area contributed by atoms with Gasteiger partial charge >= 0.3 is 0 Å². The molecule has 1 aliphatic rings. The van der Waals surface area contributed by atoms with E-state index < -0.39 is 0 Å². The van der Waals surface area contributed by atoms with E-state index in [-0.39, 0.29) is 17.3 Å². The smallest absolute Gasteiger partial charge is 0.225 e. The zero-order chi connectivity index (χ0) is 13.3. The highest BCUT2D eigenvalue weighted by atomic mass is 16.3. The van der Waals surface area contributed by atoms with Gasteiger partial charge in [-0.2, -0.15) is 0 Å². The van der Waals surface area contributed by atoms with E-state index in [1.165, 1.54) is 6.26 Å². The van der Waals surface area contributed by atoms with Crippen molar-refractivity contribution in [1.82, 2.24) is 0 Å². The molecule has 0 fully saturated rings. The minimum Gasteiger partial charge on any atom is -0.460 e. The van der Waals surface area contributed by atoms with Crippen molar-refractivity contribution in [3.05, 3.63) is 46.4 Å². The van der Waals surface area contributed by atoms with E-state index in [0.29, 0.717) is 23.1 Å². The van der Waals surface area contributed by atoms with Crippen LogP contribution in [0.1, 0.15) is 53.2 Å². The summed E-state index contributed by atoms with van der Waals surface area (Å²) >= 11 is 0. The number of allylic oxidation sites excluding steroid dienone is 4. The zero-order valence-corrected chi connectivity index (χ0v) is 10.9. The fourth-order valence-corrected chi connectivity index (χ4v) is 2.22. The second-order valence-electron chi connectivity index (χ2n) is 4.49. The van der Waals surface area contributed by atoms with E-state index in [1.54, 1.807) is 13.8 Å². The summed E-state index contributed by atoms with van der Waals surface area (Å²) in [5, 5.41) is 0. The summed E-state index contributed by atoms with van der Waals surface area (Å²) < 4.78 is 5.23. The number of carbonyl (C=O) groups excluding carboxylic acids is 2. The zero-order valence-electron chi connectivity index (χ0n) is 10.9. The highest BCUT2D eigenvalue weighted by molar-refractivity contribution is 6.26. The summed E-state index contributed by atoms with van der Waals surface area (Å²) in [5.74, 6) is -0.00962. The van der Waals surface area contributed by atoms with E-state index >= 15 is 0 Å². The van der Waals surface area contributed by atoms with Gasteiger partial charge in [0.15, 0.2) is 11.5 Å². The molecule has 3 nitrogen and oxygen atoms in total. The maximum atomic E-state index is 12.3. The van der Waals surface area contributed by atoms with E-state index in [1.807, 2.05) is 19.1 Å². The largest absolute Gasteiger partial charge is 0.460 e. The minimum atomic E-state index is -0.139. The molecule has 0 atom stereocenters. The van der Waals surface area contributed by atoms with Crippen LogP contribution in [0.4, 0.5) is 0 Å². The highest BCUT2D eigenvalue weighted by Gasteiger charge is 2.33. The van der Waals surface area contributed by atoms with Gasteiger partial charge in [0.25, 0.3) is 0 Å². The molecule has 0 aliphatic heterocycles. The topological polar surface area (TPSA) is 47.3 Å². The average molecular weight is 244 g/mol. The molecule has 1 aliphatic carbocycles. The number of rotatable bonds is 3. The second kappa shape index (κ2) is 4.77. The summed E-state index contributed by atoms with van der Waals surface area (Å²) in [4.78, 5) is 24.5. The first-order valence-corrected chi connectivity index (χ1v) is 6.06. The Kier molecular flexibility index (Phi) is 3.32. The molecule has 0 N–H and O–H groups in total. The predicted molar refractivity (Wildman–Crippen MR) is 68.9 cm³/mol. The lowest BCUT2D eigenvalue weighted by Crippen LogP contribution is -2.20. The van der Waals surface area contributed by atoms with Crippen LogP contribution in [-0.4, -0.2) is 11.6 Å². The van der Waals surface area contributed by atoms with Gasteiger partial charge in [-0.15, -0.1) is 0 Å². The molecular formula is C15H16O3. The molecule has 0 amide bonds. The molecule has 1 aromatic heterocycles. The van der Waals surface area contributed by atoms with Gasteiger partial charge in [0.05, 0.1) is 11.8 Å². The lowest BCUT2D eigenvalue weighted by molar-refractivity contribution is 0.0952. The lowest BCUT2D eigenvalue weighted by Gasteiger charge is -2.15. The number of carbonyl (C=O) groups is 2. The van der Waals surface area contributed by atoms with Crippen molar-refractivity contribution in [2.75, 3.05) is 0 Å². The Labute approximate surface area is 106 Å². The van der Waals surface area contributed by atoms with Gasteiger partial charge in [-0.05, 0) is 39.2 Å². The van der Waals surface area contributed by atoms with Crippen molar-refractivity contribution in [1.29, 1.82) is 0 Å². The monoisotopic (exact) mass is 244 g/mol. The molecule has 0 saturated heterocycles. The Morgan fingerprint density at radius 3 is 2.61 bits per heavy atom. The molecular weight excluding hydrogens is 228 g/mol. The molecule has 0 aromatic carbocycles. The summed E-state index contributed by atoms with van der Waals surface area (Å²) in [6.45, 7) is 5.44. The van der Waals surface area contributed by atoms with Crippen LogP contribution in [0.2, 0.25) is 0 Å². The van der Waals surface area contributed by atoms with Crippen molar-refractivity contribution in [2.45, 2.75) is 33.6 Å². The van der Waals surface area contributed by atoms with Gasteiger partial charge in [0.1, 0.15) is 0 Å². The van der Waals surface area contributed by atoms with Crippen molar-refractivity contribution in [2.24, 2.45) is 0 Å². The molecule has 0 unspecified atom stereocenters. The van der Waals surface area contributed by atoms with Gasteiger partial charge in [-0.3, -0.25) is 9.59 Å². The third-order valence-corrected chi connectivity index (χ3v) is 3.27. The van der Waals surface area contributed by atoms with E-state index in [9.17, 15) is 9.59 Å². The number of furan rings is 1. The Hall–Kier alpha value is -1.90. The maximum absolute atomic E-state index is 12.3. The van der Waals surface area contributed by atoms with Gasteiger partial charge in [-0.25, -0.2) is 0 Å². The first-order valence-electron chi connectivity index (χ1n) is 6.06. The standard InChI is InChI=1S/C15H16O3/c1-4-5-6-7-11-10(3)13(16)12-9(2)8-18-15(12)14(11)17/h4-5,8H,6-7H2,1-3H3/b5-4+. The number of Topliss-reactive ketones (excluding diaryl/α,β-unsaturated/α-hetero) is 2. The summed E-state index contributed by atoms with van der Waals surface area (Å²) in [6.07, 6.45) is 6.74. The predicted octanol–water partition coefficient (Wildman–Crippen LogP) is 3.64. The van der Waals surface area contributed by atoms with E-state index in [4.69, 9.17) is 4.42 Å². The molecule has 0 saturated carbocycles. The molecule has 2 rings (SSSR count). The van der Waals surface area contributed by atoms with Crippen LogP contribution in [0.3, 0.4) is 0 Å². The molecule has 18 heavy (non-hydrogen) atoms. The first-order chi connectivity index (χ1) is 8.57. The van der Waals surface area contributed by atoms with Crippen LogP contribution in [0.5, 0.6) is 0 Å². The fourth-order valence-electron chi connectivity index (χ4n) is 2.22. The molecule has 0 bridgehead atoms. The molecule has 0 radical (unpaired) electrons. The molecule has 94 valence electrons. The van der Waals surface area contributed by atoms with Crippen molar-refractivity contribution < 1.29 is 14.0 Å². The third kappa shape index (κ3) is 1.86. The van der Waals surface area contributed by atoms with Crippen molar-refractivity contribution >= 4 is 11.6 Å². The van der Waals surface area contributed by atoms with Gasteiger partial charge in [0, 0.05) is 11.1 Å². The number of aryl methyl sites for hydroxylation is 1. The Bertz CT molecular complexity index is 571. The van der Waals surface area contributed by atoms with Crippen LogP contribution in [0, 0.1) is 6.92 Å². The Balaban J connectivity index is 2.41. The molecule has 1 aromatic rings. The van der Waals surface area contributed by atoms with Crippen molar-refractivity contribution in [3.8, 4) is 0 Å². The number of ketones is 2. The summed E-state index contributed by atoms with van der Waals surface area (Å²) in [6, 6.07) is 0. The second-order valence-corrected chi connectivity index (χ2v) is 4.49. The third-order valence-electron chi connectivity index (χ3n) is 3.27. The van der Waals surface area contributed by atoms with E-state index in [2.05, 4.69) is 0 Å². The van der Waals surface area contributed by atoms with Gasteiger partial charge in [-0.1, -0.05) is 12.2 Å².